The number of amides is 1. The molecule has 0 aliphatic rings. The lowest BCUT2D eigenvalue weighted by Gasteiger charge is -2.04. The zero-order valence-electron chi connectivity index (χ0n) is 10.6. The minimum atomic E-state index is -0.0702. The Hall–Kier alpha value is -1.38. The third-order valence-corrected chi connectivity index (χ3v) is 2.71. The minimum absolute atomic E-state index is 0.0702. The van der Waals surface area contributed by atoms with Gasteiger partial charge in [0.25, 0.3) is 5.91 Å². The van der Waals surface area contributed by atoms with E-state index in [1.54, 1.807) is 12.3 Å². The molecule has 1 aromatic rings. The van der Waals surface area contributed by atoms with Crippen molar-refractivity contribution in [1.29, 1.82) is 0 Å². The number of carbonyl (C=O) groups is 1. The highest BCUT2D eigenvalue weighted by Crippen LogP contribution is 2.04. The lowest BCUT2D eigenvalue weighted by molar-refractivity contribution is 0.0948. The Morgan fingerprint density at radius 2 is 1.94 bits per heavy atom. The summed E-state index contributed by atoms with van der Waals surface area (Å²) in [5, 5.41) is 2.89. The van der Waals surface area contributed by atoms with Gasteiger partial charge in [0.05, 0.1) is 0 Å². The average molecular weight is 234 g/mol. The van der Waals surface area contributed by atoms with Crippen LogP contribution in [0.5, 0.6) is 0 Å². The Kier molecular flexibility index (Phi) is 7.03. The SMILES string of the molecule is CCCCCCCCNC(=O)c1ccccn1. The van der Waals surface area contributed by atoms with Crippen LogP contribution in [-0.4, -0.2) is 17.4 Å². The standard InChI is InChI=1S/C14H22N2O/c1-2-3-4-5-6-8-12-16-14(17)13-10-7-9-11-15-13/h7,9-11H,2-6,8,12H2,1H3,(H,16,17). The van der Waals surface area contributed by atoms with E-state index < -0.39 is 0 Å². The van der Waals surface area contributed by atoms with E-state index in [0.717, 1.165) is 13.0 Å². The fourth-order valence-electron chi connectivity index (χ4n) is 1.69. The van der Waals surface area contributed by atoms with Crippen LogP contribution >= 0.6 is 0 Å². The highest BCUT2D eigenvalue weighted by molar-refractivity contribution is 5.92. The number of nitrogens with zero attached hydrogens (tertiary/aromatic N) is 1. The van der Waals surface area contributed by atoms with Gasteiger partial charge in [0.2, 0.25) is 0 Å². The zero-order chi connectivity index (χ0) is 12.3. The fourth-order valence-corrected chi connectivity index (χ4v) is 1.69. The molecular weight excluding hydrogens is 212 g/mol. The molecule has 3 heteroatoms. The Balaban J connectivity index is 2.05. The summed E-state index contributed by atoms with van der Waals surface area (Å²) in [6.45, 7) is 2.97. The van der Waals surface area contributed by atoms with Crippen LogP contribution in [0.3, 0.4) is 0 Å². The third-order valence-electron chi connectivity index (χ3n) is 2.71. The molecule has 1 rings (SSSR count). The van der Waals surface area contributed by atoms with E-state index in [-0.39, 0.29) is 5.91 Å². The summed E-state index contributed by atoms with van der Waals surface area (Å²) in [6.07, 6.45) is 9.07. The van der Waals surface area contributed by atoms with Gasteiger partial charge in [-0.3, -0.25) is 9.78 Å². The van der Waals surface area contributed by atoms with E-state index in [9.17, 15) is 4.79 Å². The van der Waals surface area contributed by atoms with Crippen molar-refractivity contribution in [2.75, 3.05) is 6.54 Å². The molecular formula is C14H22N2O. The van der Waals surface area contributed by atoms with E-state index in [0.29, 0.717) is 5.69 Å². The summed E-state index contributed by atoms with van der Waals surface area (Å²) < 4.78 is 0. The molecule has 0 bridgehead atoms. The predicted molar refractivity (Wildman–Crippen MR) is 69.9 cm³/mol. The van der Waals surface area contributed by atoms with Gasteiger partial charge in [-0.15, -0.1) is 0 Å². The van der Waals surface area contributed by atoms with Gasteiger partial charge >= 0.3 is 0 Å². The van der Waals surface area contributed by atoms with Gasteiger partial charge in [-0.1, -0.05) is 45.1 Å². The Morgan fingerprint density at radius 1 is 1.18 bits per heavy atom. The third kappa shape index (κ3) is 6.05. The maximum absolute atomic E-state index is 11.6. The lowest BCUT2D eigenvalue weighted by atomic mass is 10.1. The summed E-state index contributed by atoms with van der Waals surface area (Å²) >= 11 is 0. The van der Waals surface area contributed by atoms with E-state index >= 15 is 0 Å². The molecule has 1 aromatic heterocycles. The van der Waals surface area contributed by atoms with Crippen molar-refractivity contribution in [3.63, 3.8) is 0 Å². The quantitative estimate of drug-likeness (QED) is 0.702. The van der Waals surface area contributed by atoms with Crippen LogP contribution in [0.15, 0.2) is 24.4 Å². The molecule has 0 saturated heterocycles. The van der Waals surface area contributed by atoms with E-state index in [1.807, 2.05) is 12.1 Å². The van der Waals surface area contributed by atoms with Crippen molar-refractivity contribution < 1.29 is 4.79 Å². The summed E-state index contributed by atoms with van der Waals surface area (Å²) in [7, 11) is 0. The molecule has 0 aliphatic heterocycles. The van der Waals surface area contributed by atoms with Gasteiger partial charge in [0.15, 0.2) is 0 Å². The van der Waals surface area contributed by atoms with Crippen molar-refractivity contribution in [3.8, 4) is 0 Å². The first-order chi connectivity index (χ1) is 8.34. The molecule has 0 fully saturated rings. The normalized spacial score (nSPS) is 10.2. The monoisotopic (exact) mass is 234 g/mol. The second-order valence-electron chi connectivity index (χ2n) is 4.24. The first-order valence-electron chi connectivity index (χ1n) is 6.54. The number of hydrogen-bond acceptors (Lipinski definition) is 2. The van der Waals surface area contributed by atoms with Crippen molar-refractivity contribution in [2.45, 2.75) is 45.4 Å². The van der Waals surface area contributed by atoms with E-state index in [1.165, 1.54) is 32.1 Å². The number of hydrogen-bond donors (Lipinski definition) is 1. The van der Waals surface area contributed by atoms with Gasteiger partial charge < -0.3 is 5.32 Å². The van der Waals surface area contributed by atoms with Crippen molar-refractivity contribution >= 4 is 5.91 Å². The molecule has 0 saturated carbocycles. The van der Waals surface area contributed by atoms with Crippen LogP contribution in [0, 0.1) is 0 Å². The number of carbonyl (C=O) groups excluding carboxylic acids is 1. The van der Waals surface area contributed by atoms with Gasteiger partial charge in [-0.05, 0) is 18.6 Å². The van der Waals surface area contributed by atoms with Gasteiger partial charge in [-0.2, -0.15) is 0 Å². The number of rotatable bonds is 8. The van der Waals surface area contributed by atoms with Crippen LogP contribution in [-0.2, 0) is 0 Å². The second kappa shape index (κ2) is 8.74. The molecule has 94 valence electrons. The Labute approximate surface area is 104 Å². The molecule has 0 aromatic carbocycles. The number of unbranched alkanes of at least 4 members (excludes halogenated alkanes) is 5. The molecule has 1 amide bonds. The van der Waals surface area contributed by atoms with E-state index in [4.69, 9.17) is 0 Å². The van der Waals surface area contributed by atoms with Gasteiger partial charge in [0, 0.05) is 12.7 Å². The number of aromatic nitrogens is 1. The van der Waals surface area contributed by atoms with Gasteiger partial charge in [-0.25, -0.2) is 0 Å². The molecule has 0 radical (unpaired) electrons. The van der Waals surface area contributed by atoms with Crippen LogP contribution in [0.1, 0.15) is 55.9 Å². The average Bonchev–Trinajstić information content (AvgIpc) is 2.38. The largest absolute Gasteiger partial charge is 0.351 e. The maximum Gasteiger partial charge on any atom is 0.269 e. The number of nitrogens with one attached hydrogen (secondary N) is 1. The highest BCUT2D eigenvalue weighted by atomic mass is 16.1. The van der Waals surface area contributed by atoms with Crippen LogP contribution in [0.2, 0.25) is 0 Å². The Morgan fingerprint density at radius 3 is 2.65 bits per heavy atom. The molecule has 0 spiro atoms. The smallest absolute Gasteiger partial charge is 0.269 e. The molecule has 3 nitrogen and oxygen atoms in total. The first-order valence-corrected chi connectivity index (χ1v) is 6.54. The fraction of sp³-hybridized carbons (Fsp3) is 0.571. The maximum atomic E-state index is 11.6. The zero-order valence-corrected chi connectivity index (χ0v) is 10.6. The predicted octanol–water partition coefficient (Wildman–Crippen LogP) is 3.17. The van der Waals surface area contributed by atoms with Crippen molar-refractivity contribution in [1.82, 2.24) is 10.3 Å². The molecule has 1 heterocycles. The van der Waals surface area contributed by atoms with E-state index in [2.05, 4.69) is 17.2 Å². The van der Waals surface area contributed by atoms with Crippen LogP contribution < -0.4 is 5.32 Å². The van der Waals surface area contributed by atoms with Gasteiger partial charge in [0.1, 0.15) is 5.69 Å². The number of pyridine rings is 1. The van der Waals surface area contributed by atoms with Crippen LogP contribution in [0.25, 0.3) is 0 Å². The summed E-state index contributed by atoms with van der Waals surface area (Å²) in [6, 6.07) is 5.37. The van der Waals surface area contributed by atoms with Crippen molar-refractivity contribution in [2.24, 2.45) is 0 Å². The highest BCUT2D eigenvalue weighted by Gasteiger charge is 2.03. The van der Waals surface area contributed by atoms with Crippen LogP contribution in [0.4, 0.5) is 0 Å². The van der Waals surface area contributed by atoms with Crippen molar-refractivity contribution in [3.05, 3.63) is 30.1 Å². The minimum Gasteiger partial charge on any atom is -0.351 e. The molecule has 1 N–H and O–H groups in total. The molecule has 0 atom stereocenters. The molecule has 0 unspecified atom stereocenters. The summed E-state index contributed by atoms with van der Waals surface area (Å²) in [4.78, 5) is 15.6. The summed E-state index contributed by atoms with van der Waals surface area (Å²) in [5.74, 6) is -0.0702. The molecule has 0 aliphatic carbocycles. The first kappa shape index (κ1) is 13.7. The second-order valence-corrected chi connectivity index (χ2v) is 4.24. The molecule has 17 heavy (non-hydrogen) atoms. The topological polar surface area (TPSA) is 42.0 Å². The summed E-state index contributed by atoms with van der Waals surface area (Å²) in [5.41, 5.74) is 0.499. The lowest BCUT2D eigenvalue weighted by Crippen LogP contribution is -2.25. The Bertz CT molecular complexity index is 311.